The molecule has 5 heteroatoms. The van der Waals surface area contributed by atoms with E-state index in [0.29, 0.717) is 25.3 Å². The molecule has 0 aliphatic rings. The first kappa shape index (κ1) is 18.3. The molecule has 0 aromatic heterocycles. The van der Waals surface area contributed by atoms with E-state index in [1.54, 1.807) is 12.1 Å². The maximum Gasteiger partial charge on any atom is 0.251 e. The van der Waals surface area contributed by atoms with Gasteiger partial charge in [0.05, 0.1) is 13.2 Å². The van der Waals surface area contributed by atoms with Crippen LogP contribution in [0.3, 0.4) is 0 Å². The van der Waals surface area contributed by atoms with Crippen LogP contribution in [-0.2, 0) is 6.42 Å². The van der Waals surface area contributed by atoms with E-state index in [2.05, 4.69) is 21.2 Å². The molecule has 0 radical (unpaired) electrons. The Balaban J connectivity index is 1.94. The second-order valence-corrected chi connectivity index (χ2v) is 6.08. The van der Waals surface area contributed by atoms with Gasteiger partial charge in [0, 0.05) is 16.6 Å². The molecule has 4 nitrogen and oxygen atoms in total. The van der Waals surface area contributed by atoms with Gasteiger partial charge in [-0.15, -0.1) is 0 Å². The summed E-state index contributed by atoms with van der Waals surface area (Å²) in [6, 6.07) is 13.2. The lowest BCUT2D eigenvalue weighted by Gasteiger charge is -2.12. The fraction of sp³-hybridized carbons (Fsp3) is 0.316. The van der Waals surface area contributed by atoms with Crippen molar-refractivity contribution >= 4 is 21.8 Å². The van der Waals surface area contributed by atoms with Crippen LogP contribution in [0.4, 0.5) is 0 Å². The van der Waals surface area contributed by atoms with E-state index in [4.69, 9.17) is 9.47 Å². The average Bonchev–Trinajstić information content (AvgIpc) is 2.57. The Kier molecular flexibility index (Phi) is 7.12. The van der Waals surface area contributed by atoms with Crippen LogP contribution in [0.1, 0.15) is 29.8 Å². The molecular formula is C19H22BrNO3. The Bertz CT molecular complexity index is 688. The van der Waals surface area contributed by atoms with Gasteiger partial charge in [0.15, 0.2) is 11.5 Å². The van der Waals surface area contributed by atoms with Crippen molar-refractivity contribution in [3.05, 3.63) is 58.1 Å². The van der Waals surface area contributed by atoms with Crippen molar-refractivity contribution in [2.24, 2.45) is 0 Å². The van der Waals surface area contributed by atoms with Crippen LogP contribution >= 0.6 is 15.9 Å². The minimum absolute atomic E-state index is 0.0766. The number of benzene rings is 2. The van der Waals surface area contributed by atoms with Gasteiger partial charge in [-0.05, 0) is 56.2 Å². The third-order valence-electron chi connectivity index (χ3n) is 3.39. The minimum atomic E-state index is -0.0766. The van der Waals surface area contributed by atoms with Crippen LogP contribution in [0.5, 0.6) is 11.5 Å². The highest BCUT2D eigenvalue weighted by molar-refractivity contribution is 9.10. The molecule has 1 amide bonds. The molecule has 0 bridgehead atoms. The van der Waals surface area contributed by atoms with Gasteiger partial charge in [-0.2, -0.15) is 0 Å². The first-order valence-electron chi connectivity index (χ1n) is 8.06. The van der Waals surface area contributed by atoms with Gasteiger partial charge in [-0.25, -0.2) is 0 Å². The standard InChI is InChI=1S/C19H22BrNO3/c1-3-23-17-9-8-14(12-18(17)24-4-2)10-11-21-19(22)15-6-5-7-16(20)13-15/h5-9,12-13H,3-4,10-11H2,1-2H3,(H,21,22). The topological polar surface area (TPSA) is 47.6 Å². The molecule has 0 aliphatic carbocycles. The predicted octanol–water partition coefficient (Wildman–Crippen LogP) is 4.22. The molecule has 2 aromatic rings. The number of rotatable bonds is 8. The van der Waals surface area contributed by atoms with Gasteiger partial charge in [-0.1, -0.05) is 28.1 Å². The van der Waals surface area contributed by atoms with Crippen molar-refractivity contribution in [3.8, 4) is 11.5 Å². The van der Waals surface area contributed by atoms with E-state index >= 15 is 0 Å². The summed E-state index contributed by atoms with van der Waals surface area (Å²) in [6.07, 6.45) is 0.728. The molecule has 0 saturated heterocycles. The summed E-state index contributed by atoms with van der Waals surface area (Å²) < 4.78 is 12.1. The third kappa shape index (κ3) is 5.27. The molecule has 0 atom stereocenters. The first-order chi connectivity index (χ1) is 11.6. The van der Waals surface area contributed by atoms with E-state index in [9.17, 15) is 4.79 Å². The van der Waals surface area contributed by atoms with E-state index < -0.39 is 0 Å². The number of hydrogen-bond donors (Lipinski definition) is 1. The molecule has 0 aliphatic heterocycles. The van der Waals surface area contributed by atoms with Crippen LogP contribution in [-0.4, -0.2) is 25.7 Å². The fourth-order valence-corrected chi connectivity index (χ4v) is 2.70. The molecule has 0 heterocycles. The number of amides is 1. The quantitative estimate of drug-likeness (QED) is 0.732. The van der Waals surface area contributed by atoms with Crippen molar-refractivity contribution in [2.75, 3.05) is 19.8 Å². The number of nitrogens with one attached hydrogen (secondary N) is 1. The molecule has 0 fully saturated rings. The van der Waals surface area contributed by atoms with Gasteiger partial charge < -0.3 is 14.8 Å². The summed E-state index contributed by atoms with van der Waals surface area (Å²) in [5.41, 5.74) is 1.74. The molecule has 0 spiro atoms. The van der Waals surface area contributed by atoms with Crippen molar-refractivity contribution < 1.29 is 14.3 Å². The summed E-state index contributed by atoms with van der Waals surface area (Å²) >= 11 is 3.37. The zero-order valence-electron chi connectivity index (χ0n) is 14.0. The number of carbonyl (C=O) groups excluding carboxylic acids is 1. The summed E-state index contributed by atoms with van der Waals surface area (Å²) in [4.78, 5) is 12.1. The van der Waals surface area contributed by atoms with Crippen molar-refractivity contribution in [1.82, 2.24) is 5.32 Å². The molecule has 128 valence electrons. The fourth-order valence-electron chi connectivity index (χ4n) is 2.30. The van der Waals surface area contributed by atoms with E-state index in [-0.39, 0.29) is 5.91 Å². The number of halogens is 1. The van der Waals surface area contributed by atoms with Gasteiger partial charge in [0.2, 0.25) is 0 Å². The summed E-state index contributed by atoms with van der Waals surface area (Å²) in [5, 5.41) is 2.93. The highest BCUT2D eigenvalue weighted by atomic mass is 79.9. The SMILES string of the molecule is CCOc1ccc(CCNC(=O)c2cccc(Br)c2)cc1OCC. The second-order valence-electron chi connectivity index (χ2n) is 5.16. The Morgan fingerprint density at radius 3 is 2.50 bits per heavy atom. The Hall–Kier alpha value is -2.01. The molecule has 2 rings (SSSR count). The van der Waals surface area contributed by atoms with Crippen molar-refractivity contribution in [2.45, 2.75) is 20.3 Å². The molecule has 1 N–H and O–H groups in total. The zero-order valence-corrected chi connectivity index (χ0v) is 15.6. The number of ether oxygens (including phenoxy) is 2. The third-order valence-corrected chi connectivity index (χ3v) is 3.89. The first-order valence-corrected chi connectivity index (χ1v) is 8.85. The van der Waals surface area contributed by atoms with Gasteiger partial charge in [0.1, 0.15) is 0 Å². The van der Waals surface area contributed by atoms with E-state index in [1.807, 2.05) is 44.2 Å². The summed E-state index contributed by atoms with van der Waals surface area (Å²) in [7, 11) is 0. The lowest BCUT2D eigenvalue weighted by molar-refractivity contribution is 0.0954. The van der Waals surface area contributed by atoms with Crippen molar-refractivity contribution in [3.63, 3.8) is 0 Å². The van der Waals surface area contributed by atoms with Crippen molar-refractivity contribution in [1.29, 1.82) is 0 Å². The van der Waals surface area contributed by atoms with E-state index in [0.717, 1.165) is 28.0 Å². The Morgan fingerprint density at radius 2 is 1.79 bits per heavy atom. The highest BCUT2D eigenvalue weighted by Crippen LogP contribution is 2.28. The second kappa shape index (κ2) is 9.33. The summed E-state index contributed by atoms with van der Waals surface area (Å²) in [5.74, 6) is 1.42. The van der Waals surface area contributed by atoms with Crippen LogP contribution < -0.4 is 14.8 Å². The largest absolute Gasteiger partial charge is 0.490 e. The van der Waals surface area contributed by atoms with Crippen LogP contribution in [0.25, 0.3) is 0 Å². The predicted molar refractivity (Wildman–Crippen MR) is 99.0 cm³/mol. The van der Waals surface area contributed by atoms with Gasteiger partial charge in [0.25, 0.3) is 5.91 Å². The molecule has 0 saturated carbocycles. The zero-order chi connectivity index (χ0) is 17.4. The smallest absolute Gasteiger partial charge is 0.251 e. The lowest BCUT2D eigenvalue weighted by atomic mass is 10.1. The van der Waals surface area contributed by atoms with Gasteiger partial charge >= 0.3 is 0 Å². The normalized spacial score (nSPS) is 10.3. The van der Waals surface area contributed by atoms with Crippen LogP contribution in [0.2, 0.25) is 0 Å². The minimum Gasteiger partial charge on any atom is -0.490 e. The summed E-state index contributed by atoms with van der Waals surface area (Å²) in [6.45, 7) is 5.64. The monoisotopic (exact) mass is 391 g/mol. The number of carbonyl (C=O) groups is 1. The maximum atomic E-state index is 12.1. The Labute approximate surface area is 151 Å². The lowest BCUT2D eigenvalue weighted by Crippen LogP contribution is -2.25. The van der Waals surface area contributed by atoms with Crippen LogP contribution in [0.15, 0.2) is 46.9 Å². The van der Waals surface area contributed by atoms with E-state index in [1.165, 1.54) is 0 Å². The number of hydrogen-bond acceptors (Lipinski definition) is 3. The maximum absolute atomic E-state index is 12.1. The molecule has 24 heavy (non-hydrogen) atoms. The van der Waals surface area contributed by atoms with Gasteiger partial charge in [-0.3, -0.25) is 4.79 Å². The molecular weight excluding hydrogens is 370 g/mol. The molecule has 2 aromatic carbocycles. The highest BCUT2D eigenvalue weighted by Gasteiger charge is 2.08. The Morgan fingerprint density at radius 1 is 1.04 bits per heavy atom. The van der Waals surface area contributed by atoms with Crippen LogP contribution in [0, 0.1) is 0 Å². The molecule has 0 unspecified atom stereocenters. The average molecular weight is 392 g/mol.